The van der Waals surface area contributed by atoms with Crippen LogP contribution < -0.4 is 5.32 Å². The van der Waals surface area contributed by atoms with Crippen LogP contribution in [-0.2, 0) is 6.54 Å². The summed E-state index contributed by atoms with van der Waals surface area (Å²) in [4.78, 5) is 9.27. The first-order valence-corrected chi connectivity index (χ1v) is 7.20. The van der Waals surface area contributed by atoms with E-state index < -0.39 is 0 Å². The molecule has 5 heteroatoms. The van der Waals surface area contributed by atoms with Crippen molar-refractivity contribution < 1.29 is 0 Å². The van der Waals surface area contributed by atoms with E-state index in [2.05, 4.69) is 34.2 Å². The SMILES string of the molecule is CNc1ccc(Cl)c(CN(C)CC2CCCN2C)n1. The van der Waals surface area contributed by atoms with Crippen molar-refractivity contribution in [1.82, 2.24) is 14.8 Å². The van der Waals surface area contributed by atoms with Gasteiger partial charge in [0.05, 0.1) is 10.7 Å². The Bertz CT molecular complexity index is 424. The van der Waals surface area contributed by atoms with Crippen molar-refractivity contribution in [3.63, 3.8) is 0 Å². The van der Waals surface area contributed by atoms with Crippen LogP contribution in [-0.4, -0.2) is 55.1 Å². The zero-order valence-corrected chi connectivity index (χ0v) is 12.7. The lowest BCUT2D eigenvalue weighted by molar-refractivity contribution is 0.214. The van der Waals surface area contributed by atoms with Gasteiger partial charge in [0.15, 0.2) is 0 Å². The van der Waals surface area contributed by atoms with E-state index in [1.165, 1.54) is 19.4 Å². The molecule has 1 N–H and O–H groups in total. The van der Waals surface area contributed by atoms with Crippen LogP contribution >= 0.6 is 11.6 Å². The van der Waals surface area contributed by atoms with E-state index in [1.54, 1.807) is 0 Å². The Hall–Kier alpha value is -0.840. The topological polar surface area (TPSA) is 31.4 Å². The average molecular weight is 283 g/mol. The van der Waals surface area contributed by atoms with Crippen molar-refractivity contribution in [2.24, 2.45) is 0 Å². The van der Waals surface area contributed by atoms with Crippen molar-refractivity contribution in [3.8, 4) is 0 Å². The Labute approximate surface area is 120 Å². The van der Waals surface area contributed by atoms with Crippen LogP contribution in [0.3, 0.4) is 0 Å². The van der Waals surface area contributed by atoms with Gasteiger partial charge in [0.2, 0.25) is 0 Å². The lowest BCUT2D eigenvalue weighted by atomic mass is 10.2. The molecule has 2 heterocycles. The fraction of sp³-hybridized carbons (Fsp3) is 0.643. The number of rotatable bonds is 5. The van der Waals surface area contributed by atoms with Crippen molar-refractivity contribution in [2.75, 3.05) is 39.5 Å². The zero-order valence-electron chi connectivity index (χ0n) is 12.0. The normalized spacial score (nSPS) is 20.2. The van der Waals surface area contributed by atoms with E-state index in [4.69, 9.17) is 11.6 Å². The van der Waals surface area contributed by atoms with Gasteiger partial charge in [-0.05, 0) is 45.6 Å². The number of aromatic nitrogens is 1. The van der Waals surface area contributed by atoms with Crippen LogP contribution in [0.25, 0.3) is 0 Å². The first-order chi connectivity index (χ1) is 9.10. The summed E-state index contributed by atoms with van der Waals surface area (Å²) in [6, 6.07) is 4.47. The molecule has 106 valence electrons. The second-order valence-electron chi connectivity index (χ2n) is 5.35. The Balaban J connectivity index is 1.96. The molecule has 0 aromatic carbocycles. The molecule has 19 heavy (non-hydrogen) atoms. The molecule has 1 aromatic heterocycles. The van der Waals surface area contributed by atoms with Gasteiger partial charge >= 0.3 is 0 Å². The van der Waals surface area contributed by atoms with Crippen molar-refractivity contribution in [2.45, 2.75) is 25.4 Å². The molecule has 0 saturated carbocycles. The van der Waals surface area contributed by atoms with Crippen LogP contribution in [0.15, 0.2) is 12.1 Å². The van der Waals surface area contributed by atoms with Crippen LogP contribution in [0.2, 0.25) is 5.02 Å². The number of hydrogen-bond donors (Lipinski definition) is 1. The molecule has 0 radical (unpaired) electrons. The summed E-state index contributed by atoms with van der Waals surface area (Å²) in [5, 5.41) is 3.79. The molecule has 2 rings (SSSR count). The summed E-state index contributed by atoms with van der Waals surface area (Å²) in [6.45, 7) is 3.07. The highest BCUT2D eigenvalue weighted by Gasteiger charge is 2.22. The first-order valence-electron chi connectivity index (χ1n) is 6.82. The standard InChI is InChI=1S/C14H23ClN4/c1-16-14-7-6-12(15)13(17-14)10-18(2)9-11-5-4-8-19(11)3/h6-7,11H,4-5,8-10H2,1-3H3,(H,16,17). The van der Waals surface area contributed by atoms with Crippen molar-refractivity contribution in [1.29, 1.82) is 0 Å². The van der Waals surface area contributed by atoms with Crippen LogP contribution in [0.4, 0.5) is 5.82 Å². The molecule has 4 nitrogen and oxygen atoms in total. The number of pyridine rings is 1. The number of nitrogens with zero attached hydrogens (tertiary/aromatic N) is 3. The van der Waals surface area contributed by atoms with E-state index >= 15 is 0 Å². The fourth-order valence-corrected chi connectivity index (χ4v) is 2.79. The predicted octanol–water partition coefficient (Wildman–Crippen LogP) is 2.30. The summed E-state index contributed by atoms with van der Waals surface area (Å²) in [5.41, 5.74) is 0.941. The molecule has 0 amide bonds. The molecule has 1 aliphatic heterocycles. The van der Waals surface area contributed by atoms with Crippen LogP contribution in [0.1, 0.15) is 18.5 Å². The van der Waals surface area contributed by atoms with Crippen molar-refractivity contribution >= 4 is 17.4 Å². The second kappa shape index (κ2) is 6.55. The van der Waals surface area contributed by atoms with Gasteiger partial charge < -0.3 is 10.2 Å². The molecule has 1 atom stereocenters. The molecule has 0 bridgehead atoms. The van der Waals surface area contributed by atoms with Crippen molar-refractivity contribution in [3.05, 3.63) is 22.8 Å². The van der Waals surface area contributed by atoms with E-state index in [0.29, 0.717) is 6.04 Å². The van der Waals surface area contributed by atoms with Gasteiger partial charge in [-0.3, -0.25) is 4.90 Å². The molecule has 1 unspecified atom stereocenters. The number of anilines is 1. The summed E-state index contributed by atoms with van der Waals surface area (Å²) in [6.07, 6.45) is 2.60. The molecular weight excluding hydrogens is 260 g/mol. The van der Waals surface area contributed by atoms with Gasteiger partial charge in [0, 0.05) is 26.2 Å². The highest BCUT2D eigenvalue weighted by molar-refractivity contribution is 6.31. The number of halogens is 1. The Morgan fingerprint density at radius 1 is 1.53 bits per heavy atom. The van der Waals surface area contributed by atoms with Crippen LogP contribution in [0.5, 0.6) is 0 Å². The first kappa shape index (κ1) is 14.6. The van der Waals surface area contributed by atoms with Gasteiger partial charge in [0.1, 0.15) is 5.82 Å². The minimum absolute atomic E-state index is 0.663. The highest BCUT2D eigenvalue weighted by Crippen LogP contribution is 2.20. The van der Waals surface area contributed by atoms with E-state index in [1.807, 2.05) is 19.2 Å². The zero-order chi connectivity index (χ0) is 13.8. The lowest BCUT2D eigenvalue weighted by Gasteiger charge is -2.25. The second-order valence-corrected chi connectivity index (χ2v) is 5.76. The third-order valence-corrected chi connectivity index (χ3v) is 4.13. The van der Waals surface area contributed by atoms with Gasteiger partial charge in [-0.25, -0.2) is 4.98 Å². The maximum atomic E-state index is 6.22. The molecule has 0 aliphatic carbocycles. The van der Waals surface area contributed by atoms with Crippen LogP contribution in [0, 0.1) is 0 Å². The third-order valence-electron chi connectivity index (χ3n) is 3.79. The number of likely N-dealkylation sites (N-methyl/N-ethyl adjacent to an activating group) is 2. The molecule has 1 fully saturated rings. The monoisotopic (exact) mass is 282 g/mol. The largest absolute Gasteiger partial charge is 0.373 e. The van der Waals surface area contributed by atoms with Gasteiger partial charge in [-0.2, -0.15) is 0 Å². The van der Waals surface area contributed by atoms with E-state index in [-0.39, 0.29) is 0 Å². The number of nitrogens with one attached hydrogen (secondary N) is 1. The maximum Gasteiger partial charge on any atom is 0.126 e. The molecule has 1 saturated heterocycles. The quantitative estimate of drug-likeness (QED) is 0.898. The smallest absolute Gasteiger partial charge is 0.126 e. The maximum absolute atomic E-state index is 6.22. The predicted molar refractivity (Wildman–Crippen MR) is 80.8 cm³/mol. The highest BCUT2D eigenvalue weighted by atomic mass is 35.5. The Kier molecular flexibility index (Phi) is 5.02. The van der Waals surface area contributed by atoms with Gasteiger partial charge in [0.25, 0.3) is 0 Å². The minimum Gasteiger partial charge on any atom is -0.373 e. The summed E-state index contributed by atoms with van der Waals surface area (Å²) in [7, 11) is 6.21. The Morgan fingerprint density at radius 3 is 2.95 bits per heavy atom. The van der Waals surface area contributed by atoms with E-state index in [0.717, 1.165) is 29.6 Å². The third kappa shape index (κ3) is 3.81. The average Bonchev–Trinajstić information content (AvgIpc) is 2.78. The molecule has 0 spiro atoms. The number of hydrogen-bond acceptors (Lipinski definition) is 4. The molecule has 1 aromatic rings. The molecule has 1 aliphatic rings. The van der Waals surface area contributed by atoms with Gasteiger partial charge in [-0.15, -0.1) is 0 Å². The number of likely N-dealkylation sites (tertiary alicyclic amines) is 1. The minimum atomic E-state index is 0.663. The summed E-state index contributed by atoms with van der Waals surface area (Å²) < 4.78 is 0. The van der Waals surface area contributed by atoms with Gasteiger partial charge in [-0.1, -0.05) is 11.6 Å². The molecular formula is C14H23ClN4. The van der Waals surface area contributed by atoms with E-state index in [9.17, 15) is 0 Å². The fourth-order valence-electron chi connectivity index (χ4n) is 2.62. The lowest BCUT2D eigenvalue weighted by Crippen LogP contribution is -2.36. The summed E-state index contributed by atoms with van der Waals surface area (Å²) in [5.74, 6) is 0.866. The Morgan fingerprint density at radius 2 is 2.32 bits per heavy atom. The summed E-state index contributed by atoms with van der Waals surface area (Å²) >= 11 is 6.22.